The molecule has 0 aliphatic carbocycles. The highest BCUT2D eigenvalue weighted by atomic mass is 16.5. The first kappa shape index (κ1) is 9.47. The van der Waals surface area contributed by atoms with Crippen LogP contribution in [0.2, 0.25) is 0 Å². The van der Waals surface area contributed by atoms with E-state index < -0.39 is 0 Å². The third-order valence-electron chi connectivity index (χ3n) is 2.21. The smallest absolute Gasteiger partial charge is 0.119 e. The summed E-state index contributed by atoms with van der Waals surface area (Å²) in [5, 5.41) is 9.59. The summed E-state index contributed by atoms with van der Waals surface area (Å²) in [6, 6.07) is 11.6. The summed E-state index contributed by atoms with van der Waals surface area (Å²) in [5.74, 6) is 0.817. The van der Waals surface area contributed by atoms with Crippen molar-refractivity contribution in [2.75, 3.05) is 7.11 Å². The number of ether oxygens (including phenoxy) is 1. The van der Waals surface area contributed by atoms with Gasteiger partial charge in [0.25, 0.3) is 0 Å². The average Bonchev–Trinajstić information content (AvgIpc) is 2.29. The molecule has 0 amide bonds. The van der Waals surface area contributed by atoms with Crippen molar-refractivity contribution < 1.29 is 4.74 Å². The third kappa shape index (κ3) is 1.89. The van der Waals surface area contributed by atoms with Crippen LogP contribution >= 0.6 is 0 Å². The molecule has 2 rings (SSSR count). The first-order chi connectivity index (χ1) is 7.33. The maximum atomic E-state index is 8.56. The molecule has 0 radical (unpaired) electrons. The molecular weight excluding hydrogens is 188 g/mol. The van der Waals surface area contributed by atoms with Gasteiger partial charge in [0.05, 0.1) is 30.8 Å². The highest BCUT2D eigenvalue weighted by Crippen LogP contribution is 2.19. The Bertz CT molecular complexity index is 529. The molecule has 1 heterocycles. The molecule has 1 aromatic heterocycles. The number of benzene rings is 1. The Morgan fingerprint density at radius 3 is 2.93 bits per heavy atom. The van der Waals surface area contributed by atoms with Gasteiger partial charge in [-0.2, -0.15) is 5.26 Å². The summed E-state index contributed by atoms with van der Waals surface area (Å²) in [5.41, 5.74) is 1.69. The Kier molecular flexibility index (Phi) is 2.51. The normalized spacial score (nSPS) is 9.87. The van der Waals surface area contributed by atoms with Gasteiger partial charge >= 0.3 is 0 Å². The molecule has 3 heteroatoms. The summed E-state index contributed by atoms with van der Waals surface area (Å²) in [6.45, 7) is 0. The predicted molar refractivity (Wildman–Crippen MR) is 57.6 cm³/mol. The van der Waals surface area contributed by atoms with Crippen molar-refractivity contribution in [1.29, 1.82) is 5.26 Å². The number of methoxy groups -OCH3 is 1. The van der Waals surface area contributed by atoms with Gasteiger partial charge in [0, 0.05) is 5.39 Å². The lowest BCUT2D eigenvalue weighted by molar-refractivity contribution is 0.415. The van der Waals surface area contributed by atoms with Gasteiger partial charge in [-0.25, -0.2) is 0 Å². The van der Waals surface area contributed by atoms with Crippen molar-refractivity contribution >= 4 is 10.9 Å². The van der Waals surface area contributed by atoms with Crippen LogP contribution in [0.5, 0.6) is 5.75 Å². The van der Waals surface area contributed by atoms with Crippen LogP contribution in [0.1, 0.15) is 5.69 Å². The van der Waals surface area contributed by atoms with E-state index >= 15 is 0 Å². The number of fused-ring (bicyclic) bond motifs is 1. The zero-order valence-electron chi connectivity index (χ0n) is 8.40. The van der Waals surface area contributed by atoms with Crippen molar-refractivity contribution in [1.82, 2.24) is 4.98 Å². The Balaban J connectivity index is 2.51. The van der Waals surface area contributed by atoms with Crippen LogP contribution in [0.15, 0.2) is 30.3 Å². The molecule has 0 spiro atoms. The molecule has 74 valence electrons. The van der Waals surface area contributed by atoms with E-state index in [2.05, 4.69) is 11.1 Å². The second-order valence-corrected chi connectivity index (χ2v) is 3.20. The Hall–Kier alpha value is -2.08. The maximum Gasteiger partial charge on any atom is 0.119 e. The quantitative estimate of drug-likeness (QED) is 0.743. The van der Waals surface area contributed by atoms with Gasteiger partial charge in [-0.3, -0.25) is 4.98 Å². The molecule has 0 saturated heterocycles. The van der Waals surface area contributed by atoms with Crippen LogP contribution in [-0.2, 0) is 6.42 Å². The Labute approximate surface area is 87.9 Å². The van der Waals surface area contributed by atoms with Crippen LogP contribution in [0.3, 0.4) is 0 Å². The number of hydrogen-bond acceptors (Lipinski definition) is 3. The van der Waals surface area contributed by atoms with Crippen LogP contribution in [0.25, 0.3) is 10.9 Å². The molecule has 3 nitrogen and oxygen atoms in total. The maximum absolute atomic E-state index is 8.56. The van der Waals surface area contributed by atoms with E-state index in [1.54, 1.807) is 7.11 Å². The topological polar surface area (TPSA) is 45.9 Å². The van der Waals surface area contributed by atoms with E-state index in [0.29, 0.717) is 6.42 Å². The monoisotopic (exact) mass is 198 g/mol. The van der Waals surface area contributed by atoms with Gasteiger partial charge in [-0.15, -0.1) is 0 Å². The molecule has 1 aromatic carbocycles. The minimum atomic E-state index is 0.349. The van der Waals surface area contributed by atoms with Crippen LogP contribution in [-0.4, -0.2) is 12.1 Å². The molecule has 2 aromatic rings. The minimum Gasteiger partial charge on any atom is -0.497 e. The highest BCUT2D eigenvalue weighted by Gasteiger charge is 1.99. The number of nitriles is 1. The molecule has 0 aliphatic rings. The number of aromatic nitrogens is 1. The van der Waals surface area contributed by atoms with Gasteiger partial charge in [-0.1, -0.05) is 6.07 Å². The van der Waals surface area contributed by atoms with E-state index in [-0.39, 0.29) is 0 Å². The van der Waals surface area contributed by atoms with E-state index in [0.717, 1.165) is 22.3 Å². The largest absolute Gasteiger partial charge is 0.497 e. The van der Waals surface area contributed by atoms with Crippen molar-refractivity contribution in [2.45, 2.75) is 6.42 Å². The predicted octanol–water partition coefficient (Wildman–Crippen LogP) is 2.31. The zero-order valence-corrected chi connectivity index (χ0v) is 8.40. The van der Waals surface area contributed by atoms with E-state index in [1.165, 1.54) is 0 Å². The lowest BCUT2D eigenvalue weighted by Gasteiger charge is -2.02. The van der Waals surface area contributed by atoms with E-state index in [9.17, 15) is 0 Å². The first-order valence-electron chi connectivity index (χ1n) is 4.64. The second kappa shape index (κ2) is 3.97. The summed E-state index contributed by atoms with van der Waals surface area (Å²) in [6.07, 6.45) is 0.349. The van der Waals surface area contributed by atoms with Gasteiger partial charge < -0.3 is 4.74 Å². The van der Waals surface area contributed by atoms with Crippen LogP contribution in [0, 0.1) is 11.3 Å². The Morgan fingerprint density at radius 1 is 1.33 bits per heavy atom. The van der Waals surface area contributed by atoms with Gasteiger partial charge in [0.1, 0.15) is 5.75 Å². The first-order valence-corrected chi connectivity index (χ1v) is 4.64. The highest BCUT2D eigenvalue weighted by molar-refractivity contribution is 5.80. The van der Waals surface area contributed by atoms with E-state index in [4.69, 9.17) is 10.00 Å². The SMILES string of the molecule is COc1ccc2nc(CC#N)ccc2c1. The minimum absolute atomic E-state index is 0.349. The van der Waals surface area contributed by atoms with Crippen molar-refractivity contribution in [3.63, 3.8) is 0 Å². The van der Waals surface area contributed by atoms with Crippen molar-refractivity contribution in [2.24, 2.45) is 0 Å². The lowest BCUT2D eigenvalue weighted by atomic mass is 10.2. The fourth-order valence-electron chi connectivity index (χ4n) is 1.45. The molecule has 0 N–H and O–H groups in total. The average molecular weight is 198 g/mol. The van der Waals surface area contributed by atoms with Crippen molar-refractivity contribution in [3.05, 3.63) is 36.0 Å². The summed E-state index contributed by atoms with van der Waals surface area (Å²) >= 11 is 0. The number of hydrogen-bond donors (Lipinski definition) is 0. The zero-order chi connectivity index (χ0) is 10.7. The molecule has 15 heavy (non-hydrogen) atoms. The number of rotatable bonds is 2. The van der Waals surface area contributed by atoms with Crippen LogP contribution in [0.4, 0.5) is 0 Å². The molecular formula is C12H10N2O. The van der Waals surface area contributed by atoms with Crippen molar-refractivity contribution in [3.8, 4) is 11.8 Å². The molecule has 0 atom stereocenters. The summed E-state index contributed by atoms with van der Waals surface area (Å²) in [4.78, 5) is 4.36. The number of pyridine rings is 1. The molecule has 0 bridgehead atoms. The number of nitrogens with zero attached hydrogens (tertiary/aromatic N) is 2. The lowest BCUT2D eigenvalue weighted by Crippen LogP contribution is -1.89. The molecule has 0 saturated carbocycles. The van der Waals surface area contributed by atoms with Crippen LogP contribution < -0.4 is 4.74 Å². The third-order valence-corrected chi connectivity index (χ3v) is 2.21. The molecule has 0 aliphatic heterocycles. The second-order valence-electron chi connectivity index (χ2n) is 3.20. The fraction of sp³-hybridized carbons (Fsp3) is 0.167. The fourth-order valence-corrected chi connectivity index (χ4v) is 1.45. The van der Waals surface area contributed by atoms with Gasteiger partial charge in [-0.05, 0) is 24.3 Å². The van der Waals surface area contributed by atoms with E-state index in [1.807, 2.05) is 30.3 Å². The Morgan fingerprint density at radius 2 is 2.20 bits per heavy atom. The van der Waals surface area contributed by atoms with Gasteiger partial charge in [0.2, 0.25) is 0 Å². The van der Waals surface area contributed by atoms with Gasteiger partial charge in [0.15, 0.2) is 0 Å². The standard InChI is InChI=1S/C12H10N2O/c1-15-11-4-5-12-9(8-11)2-3-10(14-12)6-7-13/h2-5,8H,6H2,1H3. The summed E-state index contributed by atoms with van der Waals surface area (Å²) in [7, 11) is 1.64. The summed E-state index contributed by atoms with van der Waals surface area (Å²) < 4.78 is 5.12. The molecule has 0 fully saturated rings. The molecule has 0 unspecified atom stereocenters.